The lowest BCUT2D eigenvalue weighted by atomic mass is 9.74. The van der Waals surface area contributed by atoms with Crippen molar-refractivity contribution in [1.29, 1.82) is 0 Å². The maximum atomic E-state index is 14.7. The number of aryl methyl sites for hydroxylation is 2. The summed E-state index contributed by atoms with van der Waals surface area (Å²) in [7, 11) is -2.82. The van der Waals surface area contributed by atoms with Gasteiger partial charge in [-0.05, 0) is 102 Å². The molecule has 0 saturated carbocycles. The lowest BCUT2D eigenvalue weighted by molar-refractivity contribution is 0.0675. The fourth-order valence-electron chi connectivity index (χ4n) is 8.73. The molecule has 0 bridgehead atoms. The van der Waals surface area contributed by atoms with Crippen molar-refractivity contribution in [3.05, 3.63) is 172 Å². The predicted molar refractivity (Wildman–Crippen MR) is 236 cm³/mol. The van der Waals surface area contributed by atoms with Gasteiger partial charge in [-0.3, -0.25) is 4.79 Å². The van der Waals surface area contributed by atoms with Crippen LogP contribution in [0.25, 0.3) is 0 Å². The molecule has 6 aromatic rings. The zero-order valence-electron chi connectivity index (χ0n) is 33.8. The quantitative estimate of drug-likeness (QED) is 0.107. The van der Waals surface area contributed by atoms with Crippen molar-refractivity contribution in [2.75, 3.05) is 23.7 Å². The molecule has 0 atom stereocenters. The van der Waals surface area contributed by atoms with Crippen molar-refractivity contribution in [2.45, 2.75) is 59.0 Å². The molecule has 6 aromatic carbocycles. The lowest BCUT2D eigenvalue weighted by Crippen LogP contribution is -2.68. The van der Waals surface area contributed by atoms with Crippen LogP contribution in [0.15, 0.2) is 139 Å². The topological polar surface area (TPSA) is 75.2 Å². The van der Waals surface area contributed by atoms with Gasteiger partial charge in [0.25, 0.3) is 5.91 Å². The molecule has 0 aromatic heterocycles. The largest absolute Gasteiger partial charge is 0.534 e. The van der Waals surface area contributed by atoms with Crippen molar-refractivity contribution >= 4 is 42.2 Å². The lowest BCUT2D eigenvalue weighted by Gasteiger charge is -2.43. The second-order valence-electron chi connectivity index (χ2n) is 15.9. The summed E-state index contributed by atoms with van der Waals surface area (Å²) in [4.78, 5) is 14.7. The Morgan fingerprint density at radius 1 is 0.702 bits per heavy atom. The molecule has 0 fully saturated rings. The molecule has 288 valence electrons. The molecule has 2 heterocycles. The molecule has 0 saturated heterocycles. The average Bonchev–Trinajstić information content (AvgIpc) is 3.46. The van der Waals surface area contributed by atoms with Crippen molar-refractivity contribution < 1.29 is 14.0 Å². The smallest absolute Gasteiger partial charge is 0.319 e. The molecule has 57 heavy (non-hydrogen) atoms. The number of nitrogens with zero attached hydrogens (tertiary/aromatic N) is 2. The van der Waals surface area contributed by atoms with Gasteiger partial charge in [0.2, 0.25) is 0 Å². The molecule has 0 aliphatic carbocycles. The van der Waals surface area contributed by atoms with Crippen molar-refractivity contribution in [1.82, 2.24) is 5.01 Å². The van der Waals surface area contributed by atoms with Crippen LogP contribution in [0.2, 0.25) is 5.04 Å². The fraction of sp³-hybridized carbons (Fsp3) is 0.224. The van der Waals surface area contributed by atoms with E-state index >= 15 is 0 Å². The molecule has 7 nitrogen and oxygen atoms in total. The van der Waals surface area contributed by atoms with Crippen LogP contribution in [0.3, 0.4) is 0 Å². The summed E-state index contributed by atoms with van der Waals surface area (Å²) in [6.07, 6.45) is 1.78. The summed E-state index contributed by atoms with van der Waals surface area (Å²) >= 11 is 0. The number of carbonyl (C=O) groups excluding carboxylic acids is 1. The molecule has 2 aliphatic rings. The molecule has 2 aliphatic heterocycles. The number of rotatable bonds is 10. The third-order valence-electron chi connectivity index (χ3n) is 11.3. The van der Waals surface area contributed by atoms with E-state index in [2.05, 4.69) is 150 Å². The summed E-state index contributed by atoms with van der Waals surface area (Å²) in [5.74, 6) is 1.98. The van der Waals surface area contributed by atoms with E-state index < -0.39 is 13.9 Å². The maximum Gasteiger partial charge on any atom is 0.319 e. The zero-order valence-corrected chi connectivity index (χ0v) is 34.8. The molecule has 2 N–H and O–H groups in total. The summed E-state index contributed by atoms with van der Waals surface area (Å²) in [5.41, 5.74) is 7.08. The van der Waals surface area contributed by atoms with Gasteiger partial charge in [-0.15, -0.1) is 0 Å². The van der Waals surface area contributed by atoms with Crippen LogP contribution in [-0.2, 0) is 5.54 Å². The summed E-state index contributed by atoms with van der Waals surface area (Å²) in [5, 5.41) is 16.0. The standard InChI is InChI=1S/C49H50N4O3Si/c1-8-50-43-30-45-41(28-33(43)3)49(42-29-34(4)44(51-9-2)31-46(42)55-45)40-23-17-16-22-39(40)47(54)53(49)52-32-35-24-26-36(27-25-35)56-57(48(5,6)7,37-18-12-10-13-19-37)38-20-14-11-15-21-38/h10-32,50-51H,8-9H2,1-7H3/b52-32+. The Kier molecular flexibility index (Phi) is 9.78. The molecular weight excluding hydrogens is 721 g/mol. The number of ether oxygens (including phenoxy) is 1. The van der Waals surface area contributed by atoms with Crippen LogP contribution >= 0.6 is 0 Å². The van der Waals surface area contributed by atoms with Crippen LogP contribution in [0.5, 0.6) is 17.2 Å². The molecule has 8 rings (SSSR count). The Balaban J connectivity index is 1.24. The van der Waals surface area contributed by atoms with Crippen LogP contribution < -0.4 is 30.2 Å². The minimum atomic E-state index is -2.82. The second kappa shape index (κ2) is 14.8. The number of fused-ring (bicyclic) bond motifs is 6. The Morgan fingerprint density at radius 3 is 1.72 bits per heavy atom. The van der Waals surface area contributed by atoms with Crippen LogP contribution in [-0.4, -0.2) is 38.5 Å². The highest BCUT2D eigenvalue weighted by molar-refractivity contribution is 7.00. The second-order valence-corrected chi connectivity index (χ2v) is 20.2. The van der Waals surface area contributed by atoms with E-state index in [1.165, 1.54) is 10.4 Å². The number of hydrogen-bond acceptors (Lipinski definition) is 6. The van der Waals surface area contributed by atoms with Gasteiger partial charge in [0.05, 0.1) is 6.21 Å². The Labute approximate surface area is 337 Å². The summed E-state index contributed by atoms with van der Waals surface area (Å²) < 4.78 is 14.1. The molecule has 1 spiro atoms. The van der Waals surface area contributed by atoms with Crippen molar-refractivity contribution in [2.24, 2.45) is 5.10 Å². The van der Waals surface area contributed by atoms with Gasteiger partial charge in [0.15, 0.2) is 0 Å². The SMILES string of the molecule is CCNc1cc2c(cc1C)C1(c3cc(C)c(NCC)cc3O2)c2ccccc2C(=O)N1/N=C/c1ccc(O[Si](c2ccccc2)(c2ccccc2)C(C)(C)C)cc1. The first-order valence-electron chi connectivity index (χ1n) is 19.9. The number of carbonyl (C=O) groups is 1. The minimum absolute atomic E-state index is 0.172. The fourth-order valence-corrected chi connectivity index (χ4v) is 13.2. The predicted octanol–water partition coefficient (Wildman–Crippen LogP) is 9.99. The maximum absolute atomic E-state index is 14.7. The van der Waals surface area contributed by atoms with Gasteiger partial charge in [-0.2, -0.15) is 5.10 Å². The van der Waals surface area contributed by atoms with E-state index in [0.717, 1.165) is 63.6 Å². The highest BCUT2D eigenvalue weighted by Crippen LogP contribution is 2.59. The first-order valence-corrected chi connectivity index (χ1v) is 21.8. The number of benzene rings is 6. The average molecular weight is 771 g/mol. The Hall–Kier alpha value is -6.12. The number of amides is 1. The van der Waals surface area contributed by atoms with Gasteiger partial charge in [0, 0.05) is 58.9 Å². The van der Waals surface area contributed by atoms with Crippen molar-refractivity contribution in [3.8, 4) is 17.2 Å². The Bertz CT molecular complexity index is 2380. The van der Waals surface area contributed by atoms with Crippen LogP contribution in [0.4, 0.5) is 11.4 Å². The molecule has 0 unspecified atom stereocenters. The third-order valence-corrected chi connectivity index (χ3v) is 16.3. The van der Waals surface area contributed by atoms with Crippen LogP contribution in [0, 0.1) is 13.8 Å². The van der Waals surface area contributed by atoms with E-state index in [1.807, 2.05) is 42.5 Å². The van der Waals surface area contributed by atoms with Gasteiger partial charge in [-0.25, -0.2) is 5.01 Å². The summed E-state index contributed by atoms with van der Waals surface area (Å²) in [6.45, 7) is 16.7. The summed E-state index contributed by atoms with van der Waals surface area (Å²) in [6, 6.07) is 45.7. The van der Waals surface area contributed by atoms with Gasteiger partial charge in [-0.1, -0.05) is 99.6 Å². The van der Waals surface area contributed by atoms with E-state index in [4.69, 9.17) is 14.3 Å². The first-order chi connectivity index (χ1) is 27.5. The van der Waals surface area contributed by atoms with Gasteiger partial charge >= 0.3 is 8.32 Å². The minimum Gasteiger partial charge on any atom is -0.534 e. The molecule has 8 heteroatoms. The first kappa shape index (κ1) is 37.8. The van der Waals surface area contributed by atoms with E-state index in [9.17, 15) is 4.79 Å². The Morgan fingerprint density at radius 2 is 1.21 bits per heavy atom. The van der Waals surface area contributed by atoms with E-state index in [1.54, 1.807) is 11.2 Å². The molecule has 1 amide bonds. The van der Waals surface area contributed by atoms with Gasteiger partial charge < -0.3 is 19.8 Å². The highest BCUT2D eigenvalue weighted by Gasteiger charge is 2.57. The number of anilines is 2. The van der Waals surface area contributed by atoms with Crippen LogP contribution in [0.1, 0.15) is 78.4 Å². The van der Waals surface area contributed by atoms with E-state index in [0.29, 0.717) is 17.1 Å². The highest BCUT2D eigenvalue weighted by atomic mass is 28.4. The van der Waals surface area contributed by atoms with Gasteiger partial charge in [0.1, 0.15) is 22.8 Å². The molecular formula is C49H50N4O3Si. The monoisotopic (exact) mass is 770 g/mol. The third kappa shape index (κ3) is 6.19. The number of nitrogens with one attached hydrogen (secondary N) is 2. The van der Waals surface area contributed by atoms with Crippen molar-refractivity contribution in [3.63, 3.8) is 0 Å². The van der Waals surface area contributed by atoms with E-state index in [-0.39, 0.29) is 10.9 Å². The number of hydrazone groups is 1. The zero-order chi connectivity index (χ0) is 40.0. The number of hydrogen-bond donors (Lipinski definition) is 2. The molecule has 0 radical (unpaired) electrons. The normalized spacial score (nSPS) is 14.2.